The van der Waals surface area contributed by atoms with Gasteiger partial charge >= 0.3 is 5.97 Å². The highest BCUT2D eigenvalue weighted by Gasteiger charge is 2.53. The molecule has 2 bridgehead atoms. The van der Waals surface area contributed by atoms with E-state index >= 15 is 0 Å². The molecule has 19 heavy (non-hydrogen) atoms. The second-order valence-corrected chi connectivity index (χ2v) is 4.92. The van der Waals surface area contributed by atoms with Crippen LogP contribution in [0.15, 0.2) is 12.2 Å². The molecule has 0 aromatic carbocycles. The van der Waals surface area contributed by atoms with Crippen molar-refractivity contribution in [1.82, 2.24) is 10.4 Å². The number of carboxylic acids is 1. The number of morpholine rings is 1. The third kappa shape index (κ3) is 2.24. The topological polar surface area (TPSA) is 88.1 Å². The fourth-order valence-electron chi connectivity index (χ4n) is 2.82. The molecule has 0 radical (unpaired) electrons. The monoisotopic (exact) mass is 268 g/mol. The van der Waals surface area contributed by atoms with Crippen molar-refractivity contribution in [2.75, 3.05) is 26.3 Å². The van der Waals surface area contributed by atoms with Crippen LogP contribution in [0, 0.1) is 11.8 Å². The first-order chi connectivity index (χ1) is 9.16. The van der Waals surface area contributed by atoms with E-state index in [-0.39, 0.29) is 5.91 Å². The van der Waals surface area contributed by atoms with Gasteiger partial charge in [-0.05, 0) is 0 Å². The maximum absolute atomic E-state index is 12.2. The fraction of sp³-hybridized carbons (Fsp3) is 0.667. The summed E-state index contributed by atoms with van der Waals surface area (Å²) in [5, 5.41) is 11.0. The van der Waals surface area contributed by atoms with E-state index in [1.165, 1.54) is 0 Å². The summed E-state index contributed by atoms with van der Waals surface area (Å²) in [6.45, 7) is 2.35. The Morgan fingerprint density at radius 3 is 2.42 bits per heavy atom. The molecule has 2 saturated heterocycles. The van der Waals surface area contributed by atoms with Gasteiger partial charge in [-0.3, -0.25) is 15.0 Å². The Labute approximate surface area is 110 Å². The molecule has 4 atom stereocenters. The number of nitrogens with one attached hydrogen (secondary N) is 1. The maximum atomic E-state index is 12.2. The highest BCUT2D eigenvalue weighted by molar-refractivity contribution is 5.87. The minimum atomic E-state index is -0.987. The van der Waals surface area contributed by atoms with Crippen molar-refractivity contribution >= 4 is 11.9 Å². The van der Waals surface area contributed by atoms with Gasteiger partial charge in [0.25, 0.3) is 0 Å². The Morgan fingerprint density at radius 2 is 1.79 bits per heavy atom. The highest BCUT2D eigenvalue weighted by atomic mass is 16.5. The highest BCUT2D eigenvalue weighted by Crippen LogP contribution is 2.39. The number of fused-ring (bicyclic) bond motifs is 2. The lowest BCUT2D eigenvalue weighted by molar-refractivity contribution is -0.148. The van der Waals surface area contributed by atoms with Gasteiger partial charge in [0.1, 0.15) is 5.92 Å². The third-order valence-electron chi connectivity index (χ3n) is 3.77. The Balaban J connectivity index is 1.68. The largest absolute Gasteiger partial charge is 0.481 e. The molecule has 2 N–H and O–H groups in total. The first kappa shape index (κ1) is 12.6. The summed E-state index contributed by atoms with van der Waals surface area (Å²) in [5.41, 5.74) is 2.77. The summed E-state index contributed by atoms with van der Waals surface area (Å²) in [6.07, 6.45) is 2.59. The maximum Gasteiger partial charge on any atom is 0.310 e. The summed E-state index contributed by atoms with van der Waals surface area (Å²) >= 11 is 0. The molecule has 7 heteroatoms. The van der Waals surface area contributed by atoms with E-state index in [1.807, 2.05) is 0 Å². The zero-order valence-corrected chi connectivity index (χ0v) is 10.3. The quantitative estimate of drug-likeness (QED) is 0.639. The van der Waals surface area contributed by atoms with Gasteiger partial charge in [0.2, 0.25) is 5.91 Å². The number of rotatable bonds is 3. The molecule has 3 aliphatic heterocycles. The lowest BCUT2D eigenvalue weighted by atomic mass is 9.82. The number of hydrazine groups is 1. The van der Waals surface area contributed by atoms with E-state index in [9.17, 15) is 14.7 Å². The minimum absolute atomic E-state index is 0.286. The van der Waals surface area contributed by atoms with Crippen LogP contribution in [0.25, 0.3) is 0 Å². The number of hydrogen-bond acceptors (Lipinski definition) is 5. The van der Waals surface area contributed by atoms with Crippen LogP contribution in [0.2, 0.25) is 0 Å². The standard InChI is InChI=1S/C12H16N2O5/c15-11(13-14-3-5-18-6-4-14)9-7-1-2-8(19-7)10(9)12(16)17/h1-2,7-10H,3-6H2,(H,13,15)(H,16,17)/t7-,8+,9+,10-/m1/s1. The summed E-state index contributed by atoms with van der Waals surface area (Å²) in [6, 6.07) is 0. The van der Waals surface area contributed by atoms with Crippen molar-refractivity contribution in [3.05, 3.63) is 12.2 Å². The molecule has 2 fully saturated rings. The SMILES string of the molecule is O=C(NN1CCOCC1)[C@@H]1[C@H](C(=O)O)[C@@H]2C=C[C@H]1O2. The molecule has 1 amide bonds. The summed E-state index contributed by atoms with van der Waals surface area (Å²) in [7, 11) is 0. The Kier molecular flexibility index (Phi) is 3.26. The molecular weight excluding hydrogens is 252 g/mol. The number of aliphatic carboxylic acids is 1. The molecule has 7 nitrogen and oxygen atoms in total. The van der Waals surface area contributed by atoms with E-state index in [4.69, 9.17) is 9.47 Å². The molecule has 104 valence electrons. The molecule has 3 rings (SSSR count). The van der Waals surface area contributed by atoms with Gasteiger partial charge in [-0.25, -0.2) is 5.01 Å². The smallest absolute Gasteiger partial charge is 0.310 e. The van der Waals surface area contributed by atoms with Crippen LogP contribution in [-0.4, -0.2) is 60.5 Å². The number of amides is 1. The predicted molar refractivity (Wildman–Crippen MR) is 63.0 cm³/mol. The lowest BCUT2D eigenvalue weighted by Crippen LogP contribution is -2.53. The summed E-state index contributed by atoms with van der Waals surface area (Å²) in [4.78, 5) is 23.5. The van der Waals surface area contributed by atoms with E-state index in [2.05, 4.69) is 5.43 Å². The number of carboxylic acid groups (broad SMARTS) is 1. The zero-order chi connectivity index (χ0) is 13.4. The number of hydrogen-bond donors (Lipinski definition) is 2. The van der Waals surface area contributed by atoms with Crippen LogP contribution in [0.3, 0.4) is 0 Å². The molecule has 3 aliphatic rings. The summed E-state index contributed by atoms with van der Waals surface area (Å²) < 4.78 is 10.7. The number of ether oxygens (including phenoxy) is 2. The second-order valence-electron chi connectivity index (χ2n) is 4.92. The van der Waals surface area contributed by atoms with Crippen LogP contribution >= 0.6 is 0 Å². The van der Waals surface area contributed by atoms with Gasteiger partial charge in [-0.15, -0.1) is 0 Å². The van der Waals surface area contributed by atoms with Crippen LogP contribution < -0.4 is 5.43 Å². The van der Waals surface area contributed by atoms with E-state index in [1.54, 1.807) is 17.2 Å². The average molecular weight is 268 g/mol. The van der Waals surface area contributed by atoms with Crippen molar-refractivity contribution in [2.45, 2.75) is 12.2 Å². The molecule has 0 aromatic heterocycles. The van der Waals surface area contributed by atoms with Crippen LogP contribution in [-0.2, 0) is 19.1 Å². The Bertz CT molecular complexity index is 418. The van der Waals surface area contributed by atoms with E-state index in [0.29, 0.717) is 26.3 Å². The molecular formula is C12H16N2O5. The minimum Gasteiger partial charge on any atom is -0.481 e. The van der Waals surface area contributed by atoms with Crippen LogP contribution in [0.1, 0.15) is 0 Å². The molecule has 0 spiro atoms. The average Bonchev–Trinajstić information content (AvgIpc) is 2.99. The molecule has 3 heterocycles. The van der Waals surface area contributed by atoms with Crippen LogP contribution in [0.4, 0.5) is 0 Å². The number of carbonyl (C=O) groups is 2. The fourth-order valence-corrected chi connectivity index (χ4v) is 2.82. The molecule has 0 aromatic rings. The first-order valence-electron chi connectivity index (χ1n) is 6.36. The van der Waals surface area contributed by atoms with Crippen molar-refractivity contribution in [3.8, 4) is 0 Å². The first-order valence-corrected chi connectivity index (χ1v) is 6.36. The van der Waals surface area contributed by atoms with Crippen molar-refractivity contribution in [2.24, 2.45) is 11.8 Å². The Morgan fingerprint density at radius 1 is 1.16 bits per heavy atom. The summed E-state index contributed by atoms with van der Waals surface area (Å²) in [5.74, 6) is -2.73. The van der Waals surface area contributed by atoms with Gasteiger partial charge < -0.3 is 14.6 Å². The second kappa shape index (κ2) is 4.92. The van der Waals surface area contributed by atoms with E-state index in [0.717, 1.165) is 0 Å². The van der Waals surface area contributed by atoms with Crippen molar-refractivity contribution in [1.29, 1.82) is 0 Å². The van der Waals surface area contributed by atoms with Gasteiger partial charge in [0.15, 0.2) is 0 Å². The predicted octanol–water partition coefficient (Wildman–Crippen LogP) is -0.996. The molecule has 0 unspecified atom stereocenters. The number of nitrogens with zero attached hydrogens (tertiary/aromatic N) is 1. The van der Waals surface area contributed by atoms with Gasteiger partial charge in [0.05, 0.1) is 31.3 Å². The van der Waals surface area contributed by atoms with Crippen molar-refractivity contribution in [3.63, 3.8) is 0 Å². The number of carbonyl (C=O) groups excluding carboxylic acids is 1. The third-order valence-corrected chi connectivity index (χ3v) is 3.77. The van der Waals surface area contributed by atoms with E-state index < -0.39 is 30.0 Å². The van der Waals surface area contributed by atoms with Crippen molar-refractivity contribution < 1.29 is 24.2 Å². The molecule has 0 saturated carbocycles. The zero-order valence-electron chi connectivity index (χ0n) is 10.3. The lowest BCUT2D eigenvalue weighted by Gasteiger charge is -2.29. The normalized spacial score (nSPS) is 37.5. The van der Waals surface area contributed by atoms with Gasteiger partial charge in [-0.2, -0.15) is 0 Å². The van der Waals surface area contributed by atoms with Gasteiger partial charge in [0, 0.05) is 13.1 Å². The Hall–Kier alpha value is -1.44. The molecule has 0 aliphatic carbocycles. The van der Waals surface area contributed by atoms with Crippen LogP contribution in [0.5, 0.6) is 0 Å². The van der Waals surface area contributed by atoms with Gasteiger partial charge in [-0.1, -0.05) is 12.2 Å².